The third-order valence-corrected chi connectivity index (χ3v) is 7.10. The molecule has 7 nitrogen and oxygen atoms in total. The summed E-state index contributed by atoms with van der Waals surface area (Å²) in [6, 6.07) is 22.1. The first kappa shape index (κ1) is 23.8. The van der Waals surface area contributed by atoms with Crippen LogP contribution in [0.3, 0.4) is 0 Å². The zero-order valence-corrected chi connectivity index (χ0v) is 21.0. The largest absolute Gasteiger partial charge is 0.369 e. The molecule has 0 radical (unpaired) electrons. The number of nitrogens with zero attached hydrogens (tertiary/aromatic N) is 4. The Bertz CT molecular complexity index is 1380. The molecule has 1 aliphatic heterocycles. The highest BCUT2D eigenvalue weighted by Gasteiger charge is 2.16. The van der Waals surface area contributed by atoms with Crippen LogP contribution >= 0.6 is 11.9 Å². The Hall–Kier alpha value is -3.88. The number of para-hydroxylation sites is 1. The van der Waals surface area contributed by atoms with E-state index in [1.54, 1.807) is 0 Å². The van der Waals surface area contributed by atoms with Crippen LogP contribution < -0.4 is 15.5 Å². The quantitative estimate of drug-likeness (QED) is 0.256. The second kappa shape index (κ2) is 10.8. The number of benzene rings is 3. The zero-order valence-electron chi connectivity index (χ0n) is 20.1. The number of amides is 1. The summed E-state index contributed by atoms with van der Waals surface area (Å²) in [7, 11) is 0. The summed E-state index contributed by atoms with van der Waals surface area (Å²) in [5.41, 5.74) is 5.63. The summed E-state index contributed by atoms with van der Waals surface area (Å²) in [6.07, 6.45) is 5.22. The van der Waals surface area contributed by atoms with Crippen LogP contribution in [-0.2, 0) is 4.79 Å². The fraction of sp³-hybridized carbons (Fsp3) is 0.179. The Morgan fingerprint density at radius 3 is 2.53 bits per heavy atom. The van der Waals surface area contributed by atoms with Crippen LogP contribution in [-0.4, -0.2) is 52.6 Å². The molecular weight excluding hydrogens is 468 g/mol. The molecule has 36 heavy (non-hydrogen) atoms. The first-order chi connectivity index (χ1) is 17.6. The van der Waals surface area contributed by atoms with E-state index in [9.17, 15) is 4.79 Å². The molecule has 0 aliphatic carbocycles. The Morgan fingerprint density at radius 2 is 1.78 bits per heavy atom. The van der Waals surface area contributed by atoms with Gasteiger partial charge in [-0.1, -0.05) is 48.9 Å². The summed E-state index contributed by atoms with van der Waals surface area (Å²) >= 11 is 1.81. The van der Waals surface area contributed by atoms with Gasteiger partial charge in [0.2, 0.25) is 11.9 Å². The van der Waals surface area contributed by atoms with Gasteiger partial charge in [-0.15, -0.1) is 0 Å². The highest BCUT2D eigenvalue weighted by molar-refractivity contribution is 7.96. The standard InChI is InChI=1S/C28H28N6OS/c1-3-26(35)30-23-8-4-6-20(18-23)25-9-5-7-21-19-29-28(32-27(21)25)31-22-10-12-24(13-11-22)33-14-16-34(36-2)17-15-33/h3-13,18-19H,1,14-17H2,2H3,(H,30,35)(H,29,31,32). The van der Waals surface area contributed by atoms with Crippen molar-refractivity contribution < 1.29 is 4.79 Å². The molecule has 1 aromatic heterocycles. The second-order valence-corrected chi connectivity index (χ2v) is 9.36. The van der Waals surface area contributed by atoms with E-state index in [-0.39, 0.29) is 5.91 Å². The Labute approximate surface area is 215 Å². The molecule has 0 spiro atoms. The van der Waals surface area contributed by atoms with Gasteiger partial charge in [0.15, 0.2) is 0 Å². The van der Waals surface area contributed by atoms with Gasteiger partial charge in [-0.3, -0.25) is 4.79 Å². The number of anilines is 4. The van der Waals surface area contributed by atoms with E-state index in [1.807, 2.05) is 60.6 Å². The van der Waals surface area contributed by atoms with Crippen LogP contribution in [0.25, 0.3) is 22.0 Å². The van der Waals surface area contributed by atoms with Gasteiger partial charge in [0.25, 0.3) is 0 Å². The number of carbonyl (C=O) groups excluding carboxylic acids is 1. The summed E-state index contributed by atoms with van der Waals surface area (Å²) in [6.45, 7) is 7.71. The van der Waals surface area contributed by atoms with Crippen molar-refractivity contribution in [2.75, 3.05) is 48.0 Å². The molecule has 5 rings (SSSR count). The fourth-order valence-corrected chi connectivity index (χ4v) is 4.85. The first-order valence-corrected chi connectivity index (χ1v) is 13.0. The van der Waals surface area contributed by atoms with Gasteiger partial charge in [0.1, 0.15) is 0 Å². The number of carbonyl (C=O) groups is 1. The van der Waals surface area contributed by atoms with Crippen molar-refractivity contribution in [3.63, 3.8) is 0 Å². The number of piperazine rings is 1. The van der Waals surface area contributed by atoms with Gasteiger partial charge in [-0.05, 0) is 54.3 Å². The van der Waals surface area contributed by atoms with E-state index in [1.165, 1.54) is 11.8 Å². The van der Waals surface area contributed by atoms with Crippen molar-refractivity contribution in [3.05, 3.63) is 85.6 Å². The molecule has 1 aliphatic rings. The van der Waals surface area contributed by atoms with Gasteiger partial charge >= 0.3 is 0 Å². The molecular formula is C28H28N6OS. The lowest BCUT2D eigenvalue weighted by Gasteiger charge is -2.34. The van der Waals surface area contributed by atoms with Crippen molar-refractivity contribution in [1.82, 2.24) is 14.3 Å². The lowest BCUT2D eigenvalue weighted by molar-refractivity contribution is -0.111. The summed E-state index contributed by atoms with van der Waals surface area (Å²) in [5.74, 6) is 0.291. The monoisotopic (exact) mass is 496 g/mol. The molecule has 2 heterocycles. The number of rotatable bonds is 7. The fourth-order valence-electron chi connectivity index (χ4n) is 4.32. The van der Waals surface area contributed by atoms with E-state index >= 15 is 0 Å². The molecule has 3 aromatic carbocycles. The third-order valence-electron chi connectivity index (χ3n) is 6.22. The molecule has 4 aromatic rings. The number of aromatic nitrogens is 2. The van der Waals surface area contributed by atoms with Crippen molar-refractivity contribution >= 4 is 51.8 Å². The summed E-state index contributed by atoms with van der Waals surface area (Å²) in [5, 5.41) is 7.11. The molecule has 1 fully saturated rings. The van der Waals surface area contributed by atoms with E-state index in [0.717, 1.165) is 53.9 Å². The zero-order chi connectivity index (χ0) is 24.9. The highest BCUT2D eigenvalue weighted by Crippen LogP contribution is 2.30. The molecule has 0 bridgehead atoms. The topological polar surface area (TPSA) is 73.4 Å². The van der Waals surface area contributed by atoms with Gasteiger partial charge in [-0.2, -0.15) is 0 Å². The molecule has 1 saturated heterocycles. The van der Waals surface area contributed by atoms with Crippen molar-refractivity contribution in [1.29, 1.82) is 0 Å². The number of hydrogen-bond acceptors (Lipinski definition) is 7. The number of fused-ring (bicyclic) bond motifs is 1. The van der Waals surface area contributed by atoms with Crippen LogP contribution in [0.2, 0.25) is 0 Å². The molecule has 0 saturated carbocycles. The SMILES string of the molecule is C=CC(=O)Nc1cccc(-c2cccc3cnc(Nc4ccc(N5CCN(SC)CC5)cc4)nc23)c1. The van der Waals surface area contributed by atoms with Crippen LogP contribution in [0.5, 0.6) is 0 Å². The van der Waals surface area contributed by atoms with Gasteiger partial charge in [0, 0.05) is 60.4 Å². The minimum Gasteiger partial charge on any atom is -0.369 e. The van der Waals surface area contributed by atoms with Crippen LogP contribution in [0.1, 0.15) is 0 Å². The molecule has 8 heteroatoms. The summed E-state index contributed by atoms with van der Waals surface area (Å²) < 4.78 is 2.39. The smallest absolute Gasteiger partial charge is 0.247 e. The van der Waals surface area contributed by atoms with Crippen LogP contribution in [0.4, 0.5) is 23.0 Å². The van der Waals surface area contributed by atoms with Crippen molar-refractivity contribution in [2.45, 2.75) is 0 Å². The van der Waals surface area contributed by atoms with Crippen LogP contribution in [0, 0.1) is 0 Å². The Kier molecular flexibility index (Phi) is 7.16. The molecule has 2 N–H and O–H groups in total. The average molecular weight is 497 g/mol. The predicted molar refractivity (Wildman–Crippen MR) is 151 cm³/mol. The van der Waals surface area contributed by atoms with Gasteiger partial charge in [-0.25, -0.2) is 14.3 Å². The minimum atomic E-state index is -0.243. The van der Waals surface area contributed by atoms with Crippen LogP contribution in [0.15, 0.2) is 85.6 Å². The second-order valence-electron chi connectivity index (χ2n) is 8.48. The summed E-state index contributed by atoms with van der Waals surface area (Å²) in [4.78, 5) is 23.5. The molecule has 0 atom stereocenters. The third kappa shape index (κ3) is 5.35. The van der Waals surface area contributed by atoms with Gasteiger partial charge in [0.05, 0.1) is 5.52 Å². The maximum absolute atomic E-state index is 11.7. The molecule has 0 unspecified atom stereocenters. The maximum atomic E-state index is 11.7. The molecule has 1 amide bonds. The lowest BCUT2D eigenvalue weighted by Crippen LogP contribution is -2.43. The van der Waals surface area contributed by atoms with E-state index in [4.69, 9.17) is 4.98 Å². The maximum Gasteiger partial charge on any atom is 0.247 e. The number of nitrogens with one attached hydrogen (secondary N) is 2. The van der Waals surface area contributed by atoms with E-state index < -0.39 is 0 Å². The van der Waals surface area contributed by atoms with Crippen molar-refractivity contribution in [2.24, 2.45) is 0 Å². The van der Waals surface area contributed by atoms with E-state index in [0.29, 0.717) is 11.6 Å². The Morgan fingerprint density at radius 1 is 1.00 bits per heavy atom. The normalized spacial score (nSPS) is 14.0. The predicted octanol–water partition coefficient (Wildman–Crippen LogP) is 5.56. The Balaban J connectivity index is 1.37. The van der Waals surface area contributed by atoms with E-state index in [2.05, 4.69) is 61.9 Å². The first-order valence-electron chi connectivity index (χ1n) is 11.8. The number of hydrogen-bond donors (Lipinski definition) is 2. The lowest BCUT2D eigenvalue weighted by atomic mass is 10.0. The highest BCUT2D eigenvalue weighted by atomic mass is 32.2. The van der Waals surface area contributed by atoms with Gasteiger partial charge < -0.3 is 15.5 Å². The average Bonchev–Trinajstić information content (AvgIpc) is 2.93. The van der Waals surface area contributed by atoms with Crippen molar-refractivity contribution in [3.8, 4) is 11.1 Å². The minimum absolute atomic E-state index is 0.243. The molecule has 182 valence electrons.